The number of hydrogen-bond donors (Lipinski definition) is 2. The molecule has 0 spiro atoms. The van der Waals surface area contributed by atoms with E-state index in [1.54, 1.807) is 12.1 Å². The van der Waals surface area contributed by atoms with Gasteiger partial charge < -0.3 is 15.5 Å². The second kappa shape index (κ2) is 5.54. The SMILES string of the molecule is NC(=O)c1[nH]c2ccc(Cl)cc2c1S(=O)(=O)N1CCOCC1. The smallest absolute Gasteiger partial charge is 0.266 e. The average Bonchev–Trinajstić information content (AvgIpc) is 2.87. The summed E-state index contributed by atoms with van der Waals surface area (Å²) < 4.78 is 32.3. The van der Waals surface area contributed by atoms with Crippen LogP contribution in [0.5, 0.6) is 0 Å². The molecule has 3 rings (SSSR count). The number of morpholine rings is 1. The van der Waals surface area contributed by atoms with Crippen LogP contribution < -0.4 is 5.73 Å². The molecule has 0 radical (unpaired) electrons. The monoisotopic (exact) mass is 343 g/mol. The Kier molecular flexibility index (Phi) is 3.85. The van der Waals surface area contributed by atoms with Crippen LogP contribution in [0.25, 0.3) is 10.9 Å². The molecule has 1 aliphatic heterocycles. The van der Waals surface area contributed by atoms with Gasteiger partial charge in [0.2, 0.25) is 10.0 Å². The molecule has 1 aliphatic rings. The molecule has 118 valence electrons. The van der Waals surface area contributed by atoms with Gasteiger partial charge in [-0.25, -0.2) is 8.42 Å². The Bertz CT molecular complexity index is 840. The van der Waals surface area contributed by atoms with Crippen LogP contribution in [-0.4, -0.2) is 49.9 Å². The number of amides is 1. The molecule has 22 heavy (non-hydrogen) atoms. The highest BCUT2D eigenvalue weighted by Crippen LogP contribution is 2.31. The van der Waals surface area contributed by atoms with Crippen molar-refractivity contribution in [3.63, 3.8) is 0 Å². The van der Waals surface area contributed by atoms with Gasteiger partial charge in [-0.15, -0.1) is 0 Å². The Morgan fingerprint density at radius 1 is 1.32 bits per heavy atom. The van der Waals surface area contributed by atoms with Crippen LogP contribution in [0.2, 0.25) is 5.02 Å². The number of benzene rings is 1. The fourth-order valence-electron chi connectivity index (χ4n) is 2.50. The normalized spacial score (nSPS) is 17.0. The zero-order valence-electron chi connectivity index (χ0n) is 11.5. The third-order valence-corrected chi connectivity index (χ3v) is 5.75. The van der Waals surface area contributed by atoms with Crippen molar-refractivity contribution in [2.45, 2.75) is 4.90 Å². The largest absolute Gasteiger partial charge is 0.379 e. The molecular formula is C13H14ClN3O4S. The second-order valence-corrected chi connectivity index (χ2v) is 7.21. The summed E-state index contributed by atoms with van der Waals surface area (Å²) in [4.78, 5) is 14.3. The number of nitrogens with one attached hydrogen (secondary N) is 1. The third kappa shape index (κ3) is 2.48. The van der Waals surface area contributed by atoms with E-state index in [0.717, 1.165) is 0 Å². The highest BCUT2D eigenvalue weighted by molar-refractivity contribution is 7.89. The molecule has 1 aromatic carbocycles. The van der Waals surface area contributed by atoms with Gasteiger partial charge in [0.1, 0.15) is 10.6 Å². The highest BCUT2D eigenvalue weighted by Gasteiger charge is 2.33. The quantitative estimate of drug-likeness (QED) is 0.865. The molecule has 0 bridgehead atoms. The Morgan fingerprint density at radius 3 is 2.64 bits per heavy atom. The maximum atomic E-state index is 12.9. The Balaban J connectivity index is 2.25. The van der Waals surface area contributed by atoms with Crippen molar-refractivity contribution in [1.29, 1.82) is 0 Å². The first-order valence-electron chi connectivity index (χ1n) is 6.60. The molecule has 2 aromatic rings. The van der Waals surface area contributed by atoms with Gasteiger partial charge in [-0.05, 0) is 18.2 Å². The van der Waals surface area contributed by atoms with E-state index in [1.165, 1.54) is 10.4 Å². The number of nitrogens with zero attached hydrogens (tertiary/aromatic N) is 1. The number of aromatic amines is 1. The molecule has 1 fully saturated rings. The van der Waals surface area contributed by atoms with Crippen LogP contribution in [0.3, 0.4) is 0 Å². The molecule has 0 unspecified atom stereocenters. The average molecular weight is 344 g/mol. The van der Waals surface area contributed by atoms with Gasteiger partial charge in [0, 0.05) is 29.0 Å². The van der Waals surface area contributed by atoms with Gasteiger partial charge in [-0.2, -0.15) is 4.31 Å². The van der Waals surface area contributed by atoms with Crippen LogP contribution in [0.1, 0.15) is 10.5 Å². The minimum absolute atomic E-state index is 0.126. The number of H-pyrrole nitrogens is 1. The van der Waals surface area contributed by atoms with Crippen molar-refractivity contribution in [2.24, 2.45) is 5.73 Å². The van der Waals surface area contributed by atoms with Crippen LogP contribution >= 0.6 is 11.6 Å². The van der Waals surface area contributed by atoms with E-state index in [0.29, 0.717) is 29.1 Å². The molecule has 9 heteroatoms. The first-order valence-corrected chi connectivity index (χ1v) is 8.42. The number of rotatable bonds is 3. The molecule has 7 nitrogen and oxygen atoms in total. The lowest BCUT2D eigenvalue weighted by molar-refractivity contribution is 0.0730. The van der Waals surface area contributed by atoms with Crippen molar-refractivity contribution in [3.8, 4) is 0 Å². The molecule has 0 atom stereocenters. The van der Waals surface area contributed by atoms with Gasteiger partial charge in [-0.3, -0.25) is 4.79 Å². The first kappa shape index (κ1) is 15.3. The minimum atomic E-state index is -3.88. The maximum Gasteiger partial charge on any atom is 0.266 e. The van der Waals surface area contributed by atoms with Crippen LogP contribution in [-0.2, 0) is 14.8 Å². The fourth-order valence-corrected chi connectivity index (χ4v) is 4.41. The lowest BCUT2D eigenvalue weighted by atomic mass is 10.2. The highest BCUT2D eigenvalue weighted by atomic mass is 35.5. The van der Waals surface area contributed by atoms with E-state index in [4.69, 9.17) is 22.1 Å². The van der Waals surface area contributed by atoms with Crippen LogP contribution in [0, 0.1) is 0 Å². The first-order chi connectivity index (χ1) is 10.4. The number of sulfonamides is 1. The Morgan fingerprint density at radius 2 is 2.00 bits per heavy atom. The van der Waals surface area contributed by atoms with E-state index in [-0.39, 0.29) is 23.7 Å². The molecule has 2 heterocycles. The molecule has 0 saturated carbocycles. The number of primary amides is 1. The summed E-state index contributed by atoms with van der Waals surface area (Å²) in [6, 6.07) is 4.73. The second-order valence-electron chi connectivity index (χ2n) is 4.90. The van der Waals surface area contributed by atoms with Gasteiger partial charge in [0.05, 0.1) is 13.2 Å². The maximum absolute atomic E-state index is 12.9. The Hall–Kier alpha value is -1.61. The fraction of sp³-hybridized carbons (Fsp3) is 0.308. The van der Waals surface area contributed by atoms with Crippen molar-refractivity contribution in [1.82, 2.24) is 9.29 Å². The number of fused-ring (bicyclic) bond motifs is 1. The van der Waals surface area contributed by atoms with Gasteiger partial charge in [0.25, 0.3) is 5.91 Å². The van der Waals surface area contributed by atoms with Gasteiger partial charge in [0.15, 0.2) is 0 Å². The summed E-state index contributed by atoms with van der Waals surface area (Å²) in [5.74, 6) is -0.834. The van der Waals surface area contributed by atoms with Crippen LogP contribution in [0.4, 0.5) is 0 Å². The number of carbonyl (C=O) groups is 1. The lowest BCUT2D eigenvalue weighted by Gasteiger charge is -2.26. The van der Waals surface area contributed by atoms with Gasteiger partial charge in [-0.1, -0.05) is 11.6 Å². The number of halogens is 1. The summed E-state index contributed by atoms with van der Waals surface area (Å²) >= 11 is 5.96. The number of aromatic nitrogens is 1. The molecule has 3 N–H and O–H groups in total. The molecule has 1 aromatic heterocycles. The summed E-state index contributed by atoms with van der Waals surface area (Å²) in [5.41, 5.74) is 5.69. The molecule has 1 saturated heterocycles. The van der Waals surface area contributed by atoms with E-state index >= 15 is 0 Å². The van der Waals surface area contributed by atoms with Crippen molar-refractivity contribution >= 4 is 38.4 Å². The zero-order chi connectivity index (χ0) is 15.9. The number of carbonyl (C=O) groups excluding carboxylic acids is 1. The Labute approximate surface area is 132 Å². The van der Waals surface area contributed by atoms with Crippen molar-refractivity contribution < 1.29 is 17.9 Å². The van der Waals surface area contributed by atoms with E-state index in [2.05, 4.69) is 4.98 Å². The summed E-state index contributed by atoms with van der Waals surface area (Å²) in [5, 5.41) is 0.730. The third-order valence-electron chi connectivity index (χ3n) is 3.53. The molecule has 1 amide bonds. The van der Waals surface area contributed by atoms with Crippen molar-refractivity contribution in [2.75, 3.05) is 26.3 Å². The minimum Gasteiger partial charge on any atom is -0.379 e. The van der Waals surface area contributed by atoms with E-state index < -0.39 is 15.9 Å². The molecule has 0 aliphatic carbocycles. The summed E-state index contributed by atoms with van der Waals surface area (Å²) in [7, 11) is -3.88. The number of hydrogen-bond acceptors (Lipinski definition) is 4. The van der Waals surface area contributed by atoms with Gasteiger partial charge >= 0.3 is 0 Å². The molecular weight excluding hydrogens is 330 g/mol. The number of ether oxygens (including phenoxy) is 1. The van der Waals surface area contributed by atoms with Crippen molar-refractivity contribution in [3.05, 3.63) is 28.9 Å². The predicted octanol–water partition coefficient (Wildman–Crippen LogP) is 0.941. The summed E-state index contributed by atoms with van der Waals surface area (Å²) in [6.07, 6.45) is 0. The van der Waals surface area contributed by atoms with E-state index in [9.17, 15) is 13.2 Å². The summed E-state index contributed by atoms with van der Waals surface area (Å²) in [6.45, 7) is 1.09. The standard InChI is InChI=1S/C13H14ClN3O4S/c14-8-1-2-10-9(7-8)12(11(16-10)13(15)18)22(19,20)17-3-5-21-6-4-17/h1-2,7,16H,3-6H2,(H2,15,18). The number of nitrogens with two attached hydrogens (primary N) is 1. The predicted molar refractivity (Wildman–Crippen MR) is 81.4 cm³/mol. The van der Waals surface area contributed by atoms with Crippen LogP contribution in [0.15, 0.2) is 23.1 Å². The lowest BCUT2D eigenvalue weighted by Crippen LogP contribution is -2.41. The zero-order valence-corrected chi connectivity index (χ0v) is 13.1. The van der Waals surface area contributed by atoms with E-state index in [1.807, 2.05) is 0 Å². The topological polar surface area (TPSA) is 105 Å².